The highest BCUT2D eigenvalue weighted by atomic mass is 32.2. The van der Waals surface area contributed by atoms with Gasteiger partial charge in [-0.15, -0.1) is 0 Å². The average Bonchev–Trinajstić information content (AvgIpc) is 2.53. The molecule has 17 heavy (non-hydrogen) atoms. The summed E-state index contributed by atoms with van der Waals surface area (Å²) in [7, 11) is -3.84. The topological polar surface area (TPSA) is 102 Å². The summed E-state index contributed by atoms with van der Waals surface area (Å²) in [5.41, 5.74) is 0. The molecule has 7 heteroatoms. The molecular formula is C10H14N2O4S. The van der Waals surface area contributed by atoms with Gasteiger partial charge < -0.3 is 9.73 Å². The van der Waals surface area contributed by atoms with Crippen LogP contribution in [0.25, 0.3) is 0 Å². The molecule has 0 aromatic carbocycles. The van der Waals surface area contributed by atoms with Crippen molar-refractivity contribution in [3.05, 3.63) is 17.6 Å². The first kappa shape index (κ1) is 12.1. The number of carbonyl (C=O) groups is 1. The van der Waals surface area contributed by atoms with E-state index in [0.29, 0.717) is 0 Å². The Morgan fingerprint density at radius 1 is 1.53 bits per heavy atom. The number of hydrogen-bond acceptors (Lipinski definition) is 4. The summed E-state index contributed by atoms with van der Waals surface area (Å²) in [6.07, 6.45) is 3.01. The average molecular weight is 258 g/mol. The van der Waals surface area contributed by atoms with Crippen LogP contribution in [0.1, 0.15) is 35.6 Å². The second-order valence-electron chi connectivity index (χ2n) is 4.18. The van der Waals surface area contributed by atoms with Crippen molar-refractivity contribution in [2.45, 2.75) is 37.1 Å². The van der Waals surface area contributed by atoms with Gasteiger partial charge in [0, 0.05) is 12.1 Å². The number of aryl methyl sites for hydroxylation is 1. The molecule has 0 bridgehead atoms. The van der Waals surface area contributed by atoms with E-state index < -0.39 is 15.9 Å². The number of primary sulfonamides is 1. The molecule has 1 aromatic heterocycles. The van der Waals surface area contributed by atoms with Gasteiger partial charge >= 0.3 is 0 Å². The van der Waals surface area contributed by atoms with Gasteiger partial charge in [0.25, 0.3) is 5.91 Å². The summed E-state index contributed by atoms with van der Waals surface area (Å²) in [6.45, 7) is 1.46. The number of nitrogens with one attached hydrogen (secondary N) is 1. The van der Waals surface area contributed by atoms with Gasteiger partial charge in [-0.25, -0.2) is 13.6 Å². The molecule has 0 unspecified atom stereocenters. The zero-order valence-corrected chi connectivity index (χ0v) is 10.2. The fourth-order valence-corrected chi connectivity index (χ4v) is 2.38. The Kier molecular flexibility index (Phi) is 2.96. The molecule has 6 nitrogen and oxygen atoms in total. The Hall–Kier alpha value is -1.34. The molecule has 0 spiro atoms. The van der Waals surface area contributed by atoms with Crippen LogP contribution in [0.5, 0.6) is 0 Å². The molecule has 3 N–H and O–H groups in total. The van der Waals surface area contributed by atoms with Crippen molar-refractivity contribution in [1.82, 2.24) is 5.32 Å². The minimum atomic E-state index is -3.84. The van der Waals surface area contributed by atoms with Gasteiger partial charge in [0.05, 0.1) is 0 Å². The lowest BCUT2D eigenvalue weighted by Gasteiger charge is -2.25. The Morgan fingerprint density at radius 2 is 2.18 bits per heavy atom. The molecule has 94 valence electrons. The maximum absolute atomic E-state index is 11.7. The van der Waals surface area contributed by atoms with E-state index >= 15 is 0 Å². The molecule has 1 heterocycles. The zero-order valence-electron chi connectivity index (χ0n) is 9.39. The normalized spacial score (nSPS) is 16.6. The highest BCUT2D eigenvalue weighted by Crippen LogP contribution is 2.21. The SMILES string of the molecule is Cc1oc(C(=O)NC2CCC2)cc1S(N)(=O)=O. The lowest BCUT2D eigenvalue weighted by atomic mass is 9.93. The van der Waals surface area contributed by atoms with Gasteiger partial charge in [-0.3, -0.25) is 4.79 Å². The maximum atomic E-state index is 11.7. The summed E-state index contributed by atoms with van der Waals surface area (Å²) < 4.78 is 27.4. The molecule has 1 aliphatic rings. The first-order valence-electron chi connectivity index (χ1n) is 5.32. The summed E-state index contributed by atoms with van der Waals surface area (Å²) in [5, 5.41) is 7.75. The van der Waals surface area contributed by atoms with Crippen LogP contribution >= 0.6 is 0 Å². The van der Waals surface area contributed by atoms with E-state index in [1.54, 1.807) is 0 Å². The van der Waals surface area contributed by atoms with Crippen LogP contribution in [0.3, 0.4) is 0 Å². The van der Waals surface area contributed by atoms with E-state index in [2.05, 4.69) is 5.32 Å². The molecule has 1 amide bonds. The molecule has 1 fully saturated rings. The summed E-state index contributed by atoms with van der Waals surface area (Å²) in [6, 6.07) is 1.34. The molecule has 0 radical (unpaired) electrons. The Morgan fingerprint density at radius 3 is 2.59 bits per heavy atom. The number of sulfonamides is 1. The van der Waals surface area contributed by atoms with Crippen molar-refractivity contribution < 1.29 is 17.6 Å². The van der Waals surface area contributed by atoms with E-state index in [-0.39, 0.29) is 22.5 Å². The summed E-state index contributed by atoms with van der Waals surface area (Å²) in [4.78, 5) is 11.6. The van der Waals surface area contributed by atoms with E-state index in [1.165, 1.54) is 13.0 Å². The fourth-order valence-electron chi connectivity index (χ4n) is 1.67. The summed E-state index contributed by atoms with van der Waals surface area (Å²) in [5.74, 6) is -0.280. The molecule has 1 aliphatic carbocycles. The number of carbonyl (C=O) groups excluding carboxylic acids is 1. The van der Waals surface area contributed by atoms with Gasteiger partial charge in [0.1, 0.15) is 10.7 Å². The lowest BCUT2D eigenvalue weighted by Crippen LogP contribution is -2.39. The minimum absolute atomic E-state index is 0.0153. The van der Waals surface area contributed by atoms with Gasteiger partial charge in [-0.1, -0.05) is 0 Å². The van der Waals surface area contributed by atoms with Crippen molar-refractivity contribution in [3.63, 3.8) is 0 Å². The predicted molar refractivity (Wildman–Crippen MR) is 59.9 cm³/mol. The quantitative estimate of drug-likeness (QED) is 0.824. The van der Waals surface area contributed by atoms with Gasteiger partial charge in [-0.2, -0.15) is 0 Å². The molecule has 2 rings (SSSR count). The van der Waals surface area contributed by atoms with Crippen molar-refractivity contribution in [3.8, 4) is 0 Å². The maximum Gasteiger partial charge on any atom is 0.287 e. The molecule has 1 aromatic rings. The number of hydrogen-bond donors (Lipinski definition) is 2. The van der Waals surface area contributed by atoms with Gasteiger partial charge in [0.2, 0.25) is 10.0 Å². The third-order valence-electron chi connectivity index (χ3n) is 2.84. The summed E-state index contributed by atoms with van der Waals surface area (Å²) >= 11 is 0. The molecule has 0 atom stereocenters. The monoisotopic (exact) mass is 258 g/mol. The van der Waals surface area contributed by atoms with Crippen LogP contribution in [-0.2, 0) is 10.0 Å². The van der Waals surface area contributed by atoms with Crippen molar-refractivity contribution >= 4 is 15.9 Å². The second-order valence-corrected chi connectivity index (χ2v) is 5.71. The molecule has 0 aliphatic heterocycles. The van der Waals surface area contributed by atoms with E-state index in [1.807, 2.05) is 0 Å². The predicted octanol–water partition coefficient (Wildman–Crippen LogP) is 0.518. The van der Waals surface area contributed by atoms with Crippen LogP contribution in [0.15, 0.2) is 15.4 Å². The van der Waals surface area contributed by atoms with E-state index in [9.17, 15) is 13.2 Å². The number of amides is 1. The highest BCUT2D eigenvalue weighted by molar-refractivity contribution is 7.89. The number of furan rings is 1. The van der Waals surface area contributed by atoms with Crippen LogP contribution in [0.2, 0.25) is 0 Å². The van der Waals surface area contributed by atoms with Gasteiger partial charge in [0.15, 0.2) is 5.76 Å². The fraction of sp³-hybridized carbons (Fsp3) is 0.500. The highest BCUT2D eigenvalue weighted by Gasteiger charge is 2.24. The molecule has 1 saturated carbocycles. The Bertz CT molecular complexity index is 543. The Balaban J connectivity index is 2.19. The lowest BCUT2D eigenvalue weighted by molar-refractivity contribution is 0.0887. The first-order valence-corrected chi connectivity index (χ1v) is 6.86. The third kappa shape index (κ3) is 2.50. The second kappa shape index (κ2) is 4.15. The molecule has 0 saturated heterocycles. The largest absolute Gasteiger partial charge is 0.455 e. The van der Waals surface area contributed by atoms with Crippen LogP contribution in [0, 0.1) is 6.92 Å². The number of nitrogens with two attached hydrogens (primary N) is 1. The zero-order chi connectivity index (χ0) is 12.6. The standard InChI is InChI=1S/C10H14N2O4S/c1-6-9(17(11,14)15)5-8(16-6)10(13)12-7-3-2-4-7/h5,7H,2-4H2,1H3,(H,12,13)(H2,11,14,15). The van der Waals surface area contributed by atoms with Gasteiger partial charge in [-0.05, 0) is 26.2 Å². The molecular weight excluding hydrogens is 244 g/mol. The van der Waals surface area contributed by atoms with E-state index in [0.717, 1.165) is 19.3 Å². The smallest absolute Gasteiger partial charge is 0.287 e. The van der Waals surface area contributed by atoms with E-state index in [4.69, 9.17) is 9.56 Å². The van der Waals surface area contributed by atoms with Crippen molar-refractivity contribution in [2.24, 2.45) is 5.14 Å². The van der Waals surface area contributed by atoms with Crippen LogP contribution in [-0.4, -0.2) is 20.4 Å². The van der Waals surface area contributed by atoms with Crippen LogP contribution < -0.4 is 10.5 Å². The third-order valence-corrected chi connectivity index (χ3v) is 3.86. The first-order chi connectivity index (χ1) is 7.88. The minimum Gasteiger partial charge on any atom is -0.455 e. The Labute approximate surface area is 99.2 Å². The van der Waals surface area contributed by atoms with Crippen molar-refractivity contribution in [1.29, 1.82) is 0 Å². The van der Waals surface area contributed by atoms with Crippen molar-refractivity contribution in [2.75, 3.05) is 0 Å². The number of rotatable bonds is 3. The van der Waals surface area contributed by atoms with Crippen LogP contribution in [0.4, 0.5) is 0 Å².